The largest absolute Gasteiger partial charge is 0.427 e. The van der Waals surface area contributed by atoms with E-state index in [2.05, 4.69) is 6.58 Å². The van der Waals surface area contributed by atoms with E-state index in [4.69, 9.17) is 14.2 Å². The van der Waals surface area contributed by atoms with Crippen molar-refractivity contribution < 1.29 is 28.6 Å². The minimum Gasteiger partial charge on any atom is -0.427 e. The molecule has 0 fully saturated rings. The average Bonchev–Trinajstić information content (AvgIpc) is 2.94. The summed E-state index contributed by atoms with van der Waals surface area (Å²) in [5, 5.41) is 0. The second-order valence-electron chi connectivity index (χ2n) is 8.54. The van der Waals surface area contributed by atoms with E-state index < -0.39 is 11.9 Å². The minimum atomic E-state index is -0.472. The van der Waals surface area contributed by atoms with Crippen LogP contribution in [0.2, 0.25) is 0 Å². The Morgan fingerprint density at radius 2 is 0.947 bits per heavy atom. The van der Waals surface area contributed by atoms with Gasteiger partial charge in [0.2, 0.25) is 0 Å². The molecule has 0 radical (unpaired) electrons. The predicted molar refractivity (Wildman–Crippen MR) is 145 cm³/mol. The smallest absolute Gasteiger partial charge is 0.343 e. The number of benzene rings is 4. The Morgan fingerprint density at radius 3 is 1.34 bits per heavy atom. The summed E-state index contributed by atoms with van der Waals surface area (Å²) in [6.07, 6.45) is 0.316. The van der Waals surface area contributed by atoms with Crippen LogP contribution in [0.1, 0.15) is 30.6 Å². The molecule has 0 N–H and O–H groups in total. The highest BCUT2D eigenvalue weighted by Gasteiger charge is 2.11. The molecule has 4 rings (SSSR count). The highest BCUT2D eigenvalue weighted by Crippen LogP contribution is 2.26. The third-order valence-corrected chi connectivity index (χ3v) is 5.64. The lowest BCUT2D eigenvalue weighted by Gasteiger charge is -2.08. The maximum atomic E-state index is 12.7. The fourth-order valence-electron chi connectivity index (χ4n) is 3.51. The molecule has 0 amide bonds. The van der Waals surface area contributed by atoms with Crippen molar-refractivity contribution in [3.63, 3.8) is 0 Å². The monoisotopic (exact) mass is 506 g/mol. The predicted octanol–water partition coefficient (Wildman–Crippen LogP) is 7.04. The Kier molecular flexibility index (Phi) is 8.14. The van der Waals surface area contributed by atoms with Crippen molar-refractivity contribution in [1.82, 2.24) is 0 Å². The zero-order chi connectivity index (χ0) is 27.1. The van der Waals surface area contributed by atoms with Gasteiger partial charge in [-0.05, 0) is 77.7 Å². The van der Waals surface area contributed by atoms with Crippen LogP contribution >= 0.6 is 0 Å². The lowest BCUT2D eigenvalue weighted by Crippen LogP contribution is -2.08. The van der Waals surface area contributed by atoms with Crippen LogP contribution in [0.15, 0.2) is 109 Å². The van der Waals surface area contributed by atoms with Crippen molar-refractivity contribution in [3.8, 4) is 39.5 Å². The molecule has 0 bridgehead atoms. The first-order valence-electron chi connectivity index (χ1n) is 12.0. The standard InChI is InChI=1S/C32H26O6/c1-4-30(33)36-27-15-9-24(10-16-27)25-13-19-29(20-14-25)38-32(35)26-7-5-22(6-8-26)23-11-17-28(18-12-23)37-31(34)21(2)3/h5-20H,2,4H2,1,3H3. The molecule has 0 aliphatic rings. The van der Waals surface area contributed by atoms with E-state index in [0.717, 1.165) is 22.3 Å². The summed E-state index contributed by atoms with van der Waals surface area (Å²) in [4.78, 5) is 35.7. The Hall–Kier alpha value is -4.97. The van der Waals surface area contributed by atoms with Gasteiger partial charge < -0.3 is 14.2 Å². The lowest BCUT2D eigenvalue weighted by atomic mass is 10.0. The molecule has 0 spiro atoms. The van der Waals surface area contributed by atoms with Crippen molar-refractivity contribution in [2.75, 3.05) is 0 Å². The second kappa shape index (κ2) is 11.8. The highest BCUT2D eigenvalue weighted by atomic mass is 16.5. The number of hydrogen-bond donors (Lipinski definition) is 0. The number of carbonyl (C=O) groups is 3. The molecule has 4 aromatic carbocycles. The van der Waals surface area contributed by atoms with Gasteiger partial charge in [0.05, 0.1) is 5.56 Å². The Labute approximate surface area is 221 Å². The quantitative estimate of drug-likeness (QED) is 0.145. The van der Waals surface area contributed by atoms with Gasteiger partial charge in [-0.25, -0.2) is 9.59 Å². The molecule has 0 atom stereocenters. The molecule has 6 heteroatoms. The lowest BCUT2D eigenvalue weighted by molar-refractivity contribution is -0.134. The van der Waals surface area contributed by atoms with Crippen LogP contribution in [-0.4, -0.2) is 17.9 Å². The third-order valence-electron chi connectivity index (χ3n) is 5.64. The molecule has 38 heavy (non-hydrogen) atoms. The Morgan fingerprint density at radius 1 is 0.579 bits per heavy atom. The summed E-state index contributed by atoms with van der Waals surface area (Å²) < 4.78 is 15.9. The number of rotatable bonds is 8. The molecule has 0 aliphatic heterocycles. The number of hydrogen-bond acceptors (Lipinski definition) is 6. The van der Waals surface area contributed by atoms with Gasteiger partial charge in [-0.3, -0.25) is 4.79 Å². The molecule has 190 valence electrons. The Bertz CT molecular complexity index is 1450. The van der Waals surface area contributed by atoms with E-state index in [1.54, 1.807) is 62.4 Å². The fraction of sp³-hybridized carbons (Fsp3) is 0.0938. The zero-order valence-corrected chi connectivity index (χ0v) is 21.1. The number of carbonyl (C=O) groups excluding carboxylic acids is 3. The van der Waals surface area contributed by atoms with Crippen molar-refractivity contribution in [2.24, 2.45) is 0 Å². The van der Waals surface area contributed by atoms with Crippen LogP contribution in [0.5, 0.6) is 17.2 Å². The summed E-state index contributed by atoms with van der Waals surface area (Å²) in [6, 6.07) is 28.5. The zero-order valence-electron chi connectivity index (χ0n) is 21.1. The first-order valence-corrected chi connectivity index (χ1v) is 12.0. The summed E-state index contributed by atoms with van der Waals surface area (Å²) >= 11 is 0. The Balaban J connectivity index is 1.36. The third kappa shape index (κ3) is 6.62. The van der Waals surface area contributed by atoms with Crippen molar-refractivity contribution in [1.29, 1.82) is 0 Å². The van der Waals surface area contributed by atoms with Gasteiger partial charge in [-0.2, -0.15) is 0 Å². The SMILES string of the molecule is C=C(C)C(=O)Oc1ccc(-c2ccc(C(=O)Oc3ccc(-c4ccc(OC(=O)CC)cc4)cc3)cc2)cc1. The molecule has 0 saturated carbocycles. The summed E-state index contributed by atoms with van der Waals surface area (Å²) in [7, 11) is 0. The molecule has 0 unspecified atom stereocenters. The van der Waals surface area contributed by atoms with Crippen LogP contribution in [0, 0.1) is 0 Å². The van der Waals surface area contributed by atoms with Crippen LogP contribution in [0.25, 0.3) is 22.3 Å². The molecular formula is C32H26O6. The average molecular weight is 507 g/mol. The van der Waals surface area contributed by atoms with E-state index in [1.807, 2.05) is 48.5 Å². The van der Waals surface area contributed by atoms with Gasteiger partial charge in [0, 0.05) is 12.0 Å². The molecule has 4 aromatic rings. The minimum absolute atomic E-state index is 0.281. The summed E-state index contributed by atoms with van der Waals surface area (Å²) in [6.45, 7) is 6.90. The van der Waals surface area contributed by atoms with E-state index in [1.165, 1.54) is 0 Å². The molecule has 0 saturated heterocycles. The first-order chi connectivity index (χ1) is 18.3. The van der Waals surface area contributed by atoms with Crippen molar-refractivity contribution in [2.45, 2.75) is 20.3 Å². The van der Waals surface area contributed by atoms with E-state index in [9.17, 15) is 14.4 Å². The maximum Gasteiger partial charge on any atom is 0.343 e. The molecule has 0 aromatic heterocycles. The molecule has 0 heterocycles. The van der Waals surface area contributed by atoms with Crippen LogP contribution in [-0.2, 0) is 9.59 Å². The molecular weight excluding hydrogens is 480 g/mol. The van der Waals surface area contributed by atoms with Crippen molar-refractivity contribution >= 4 is 17.9 Å². The maximum absolute atomic E-state index is 12.7. The van der Waals surface area contributed by atoms with Gasteiger partial charge in [-0.15, -0.1) is 0 Å². The molecule has 0 aliphatic carbocycles. The first kappa shape index (κ1) is 26.1. The summed E-state index contributed by atoms with van der Waals surface area (Å²) in [5.74, 6) is 0.141. The van der Waals surface area contributed by atoms with Gasteiger partial charge in [0.1, 0.15) is 17.2 Å². The van der Waals surface area contributed by atoms with E-state index >= 15 is 0 Å². The van der Waals surface area contributed by atoms with Crippen LogP contribution in [0.4, 0.5) is 0 Å². The molecule has 6 nitrogen and oxygen atoms in total. The van der Waals surface area contributed by atoms with Gasteiger partial charge in [0.15, 0.2) is 0 Å². The fourth-order valence-corrected chi connectivity index (χ4v) is 3.51. The highest BCUT2D eigenvalue weighted by molar-refractivity contribution is 5.92. The summed E-state index contributed by atoms with van der Waals surface area (Å²) in [5.41, 5.74) is 4.43. The van der Waals surface area contributed by atoms with E-state index in [0.29, 0.717) is 34.8 Å². The number of ether oxygens (including phenoxy) is 3. The topological polar surface area (TPSA) is 78.9 Å². The van der Waals surface area contributed by atoms with Gasteiger partial charge in [0.25, 0.3) is 0 Å². The van der Waals surface area contributed by atoms with Gasteiger partial charge >= 0.3 is 17.9 Å². The van der Waals surface area contributed by atoms with E-state index in [-0.39, 0.29) is 5.97 Å². The normalized spacial score (nSPS) is 10.4. The number of esters is 3. The van der Waals surface area contributed by atoms with Gasteiger partial charge in [-0.1, -0.05) is 62.0 Å². The van der Waals surface area contributed by atoms with Crippen molar-refractivity contribution in [3.05, 3.63) is 115 Å². The second-order valence-corrected chi connectivity index (χ2v) is 8.54. The van der Waals surface area contributed by atoms with Crippen LogP contribution < -0.4 is 14.2 Å². The van der Waals surface area contributed by atoms with Crippen LogP contribution in [0.3, 0.4) is 0 Å².